The summed E-state index contributed by atoms with van der Waals surface area (Å²) in [5.41, 5.74) is 1.03. The van der Waals surface area contributed by atoms with Gasteiger partial charge in [-0.25, -0.2) is 4.98 Å². The van der Waals surface area contributed by atoms with Crippen LogP contribution in [-0.4, -0.2) is 24.3 Å². The molecule has 0 bridgehead atoms. The van der Waals surface area contributed by atoms with Crippen molar-refractivity contribution < 1.29 is 9.47 Å². The summed E-state index contributed by atoms with van der Waals surface area (Å²) in [6.07, 6.45) is 1.42. The molecule has 2 aromatic rings. The summed E-state index contributed by atoms with van der Waals surface area (Å²) < 4.78 is 12.0. The van der Waals surface area contributed by atoms with Gasteiger partial charge < -0.3 is 9.47 Å². The number of benzene rings is 1. The van der Waals surface area contributed by atoms with E-state index >= 15 is 0 Å². The van der Waals surface area contributed by atoms with Crippen molar-refractivity contribution in [3.05, 3.63) is 23.2 Å². The van der Waals surface area contributed by atoms with E-state index in [1.165, 1.54) is 4.70 Å². The Hall–Kier alpha value is -1.13. The predicted molar refractivity (Wildman–Crippen MR) is 64.2 cm³/mol. The lowest BCUT2D eigenvalue weighted by Gasteiger charge is -2.04. The minimum Gasteiger partial charge on any atom is -0.493 e. The van der Waals surface area contributed by atoms with Crippen LogP contribution >= 0.6 is 11.3 Å². The number of aryl methyl sites for hydroxylation is 1. The normalized spacial score (nSPS) is 18.9. The van der Waals surface area contributed by atoms with Gasteiger partial charge >= 0.3 is 0 Å². The second-order valence-corrected chi connectivity index (χ2v) is 5.19. The maximum absolute atomic E-state index is 5.66. The molecule has 1 fully saturated rings. The second-order valence-electron chi connectivity index (χ2n) is 3.95. The molecule has 1 saturated heterocycles. The summed E-state index contributed by atoms with van der Waals surface area (Å²) in [5, 5.41) is 1.10. The first-order chi connectivity index (χ1) is 7.81. The fourth-order valence-corrected chi connectivity index (χ4v) is 2.46. The number of thiazole rings is 1. The zero-order valence-electron chi connectivity index (χ0n) is 9.10. The molecule has 1 aliphatic rings. The molecule has 0 radical (unpaired) electrons. The second kappa shape index (κ2) is 4.03. The zero-order chi connectivity index (χ0) is 11.0. The molecule has 1 aliphatic heterocycles. The molecule has 0 amide bonds. The van der Waals surface area contributed by atoms with E-state index in [4.69, 9.17) is 9.47 Å². The van der Waals surface area contributed by atoms with Crippen molar-refractivity contribution >= 4 is 21.6 Å². The third kappa shape index (κ3) is 2.18. The van der Waals surface area contributed by atoms with E-state index in [1.54, 1.807) is 11.3 Å². The van der Waals surface area contributed by atoms with Gasteiger partial charge in [0, 0.05) is 12.5 Å². The van der Waals surface area contributed by atoms with E-state index in [1.807, 2.05) is 19.1 Å². The molecule has 0 aliphatic carbocycles. The number of rotatable bonds is 4. The molecule has 4 heteroatoms. The molecule has 1 aromatic carbocycles. The van der Waals surface area contributed by atoms with E-state index in [0.29, 0.717) is 6.10 Å². The zero-order valence-corrected chi connectivity index (χ0v) is 9.92. The van der Waals surface area contributed by atoms with Crippen LogP contribution in [0, 0.1) is 6.92 Å². The summed E-state index contributed by atoms with van der Waals surface area (Å²) in [5.74, 6) is 0.901. The van der Waals surface area contributed by atoms with Crippen molar-refractivity contribution in [3.8, 4) is 5.75 Å². The van der Waals surface area contributed by atoms with Crippen molar-refractivity contribution in [2.45, 2.75) is 19.4 Å². The lowest BCUT2D eigenvalue weighted by molar-refractivity contribution is 0.283. The third-order valence-electron chi connectivity index (χ3n) is 2.58. The summed E-state index contributed by atoms with van der Waals surface area (Å²) in [6.45, 7) is 3.64. The first-order valence-corrected chi connectivity index (χ1v) is 6.24. The highest BCUT2D eigenvalue weighted by atomic mass is 32.1. The number of ether oxygens (including phenoxy) is 2. The van der Waals surface area contributed by atoms with Crippen LogP contribution in [-0.2, 0) is 4.74 Å². The Labute approximate surface area is 98.0 Å². The van der Waals surface area contributed by atoms with Gasteiger partial charge in [0.1, 0.15) is 5.75 Å². The van der Waals surface area contributed by atoms with Crippen LogP contribution in [0.4, 0.5) is 0 Å². The van der Waals surface area contributed by atoms with E-state index in [0.717, 1.165) is 35.9 Å². The minimum atomic E-state index is 0.435. The molecule has 1 atom stereocenters. The number of hydrogen-bond donors (Lipinski definition) is 0. The van der Waals surface area contributed by atoms with Gasteiger partial charge in [-0.3, -0.25) is 0 Å². The first kappa shape index (κ1) is 10.1. The summed E-state index contributed by atoms with van der Waals surface area (Å²) >= 11 is 1.71. The number of aromatic nitrogens is 1. The molecule has 16 heavy (non-hydrogen) atoms. The molecular formula is C12H13NO2S. The molecule has 3 nitrogen and oxygen atoms in total. The maximum atomic E-state index is 5.66. The maximum Gasteiger partial charge on any atom is 0.121 e. The molecule has 0 saturated carbocycles. The number of nitrogens with zero attached hydrogens (tertiary/aromatic N) is 1. The predicted octanol–water partition coefficient (Wildman–Crippen LogP) is 2.77. The van der Waals surface area contributed by atoms with Crippen molar-refractivity contribution in [2.75, 3.05) is 13.2 Å². The Bertz CT molecular complexity index is 505. The molecule has 84 valence electrons. The van der Waals surface area contributed by atoms with Crippen molar-refractivity contribution in [2.24, 2.45) is 0 Å². The van der Waals surface area contributed by atoms with Gasteiger partial charge in [0.25, 0.3) is 0 Å². The summed E-state index contributed by atoms with van der Waals surface area (Å²) in [4.78, 5) is 4.44. The van der Waals surface area contributed by atoms with Gasteiger partial charge in [-0.1, -0.05) is 0 Å². The van der Waals surface area contributed by atoms with Crippen molar-refractivity contribution in [3.63, 3.8) is 0 Å². The highest BCUT2D eigenvalue weighted by molar-refractivity contribution is 7.18. The van der Waals surface area contributed by atoms with Gasteiger partial charge in [0.2, 0.25) is 0 Å². The Morgan fingerprint density at radius 3 is 3.25 bits per heavy atom. The lowest BCUT2D eigenvalue weighted by Crippen LogP contribution is -2.00. The summed E-state index contributed by atoms with van der Waals surface area (Å²) in [6, 6.07) is 6.09. The molecule has 1 aromatic heterocycles. The number of hydrogen-bond acceptors (Lipinski definition) is 4. The summed E-state index contributed by atoms with van der Waals surface area (Å²) in [7, 11) is 0. The molecule has 3 rings (SSSR count). The van der Waals surface area contributed by atoms with E-state index in [-0.39, 0.29) is 0 Å². The topological polar surface area (TPSA) is 34.6 Å². The first-order valence-electron chi connectivity index (χ1n) is 5.43. The molecule has 0 N–H and O–H groups in total. The number of fused-ring (bicyclic) bond motifs is 1. The fraction of sp³-hybridized carbons (Fsp3) is 0.417. The molecule has 0 spiro atoms. The average Bonchev–Trinajstić information content (AvgIpc) is 2.99. The molecule has 2 heterocycles. The SMILES string of the molecule is Cc1nc2cc(OCCC3CO3)ccc2s1. The lowest BCUT2D eigenvalue weighted by atomic mass is 10.3. The van der Waals surface area contributed by atoms with E-state index in [9.17, 15) is 0 Å². The Kier molecular flexibility index (Phi) is 2.53. The van der Waals surface area contributed by atoms with Crippen LogP contribution in [0.3, 0.4) is 0 Å². The monoisotopic (exact) mass is 235 g/mol. The fourth-order valence-electron chi connectivity index (χ4n) is 1.66. The Balaban J connectivity index is 1.70. The Morgan fingerprint density at radius 2 is 2.44 bits per heavy atom. The average molecular weight is 235 g/mol. The third-order valence-corrected chi connectivity index (χ3v) is 3.53. The highest BCUT2D eigenvalue weighted by Crippen LogP contribution is 2.25. The van der Waals surface area contributed by atoms with Crippen LogP contribution in [0.25, 0.3) is 10.2 Å². The quantitative estimate of drug-likeness (QED) is 0.764. The van der Waals surface area contributed by atoms with Gasteiger partial charge in [-0.15, -0.1) is 11.3 Å². The highest BCUT2D eigenvalue weighted by Gasteiger charge is 2.21. The molecular weight excluding hydrogens is 222 g/mol. The van der Waals surface area contributed by atoms with Gasteiger partial charge in [-0.2, -0.15) is 0 Å². The Morgan fingerprint density at radius 1 is 1.56 bits per heavy atom. The van der Waals surface area contributed by atoms with Crippen LogP contribution in [0.15, 0.2) is 18.2 Å². The van der Waals surface area contributed by atoms with Crippen LogP contribution in [0.5, 0.6) is 5.75 Å². The van der Waals surface area contributed by atoms with E-state index in [2.05, 4.69) is 11.1 Å². The van der Waals surface area contributed by atoms with Gasteiger partial charge in [0.15, 0.2) is 0 Å². The van der Waals surface area contributed by atoms with Crippen LogP contribution in [0.1, 0.15) is 11.4 Å². The smallest absolute Gasteiger partial charge is 0.121 e. The van der Waals surface area contributed by atoms with Gasteiger partial charge in [-0.05, 0) is 19.1 Å². The van der Waals surface area contributed by atoms with Gasteiger partial charge in [0.05, 0.1) is 34.5 Å². The van der Waals surface area contributed by atoms with Crippen molar-refractivity contribution in [1.82, 2.24) is 4.98 Å². The number of epoxide rings is 1. The largest absolute Gasteiger partial charge is 0.493 e. The van der Waals surface area contributed by atoms with Crippen LogP contribution < -0.4 is 4.74 Å². The molecule has 1 unspecified atom stereocenters. The standard InChI is InChI=1S/C12H13NO2S/c1-8-13-11-6-9(2-3-12(11)16-8)14-5-4-10-7-15-10/h2-3,6,10H,4-5,7H2,1H3. The van der Waals surface area contributed by atoms with E-state index < -0.39 is 0 Å². The van der Waals surface area contributed by atoms with Crippen molar-refractivity contribution in [1.29, 1.82) is 0 Å². The minimum absolute atomic E-state index is 0.435. The van der Waals surface area contributed by atoms with Crippen LogP contribution in [0.2, 0.25) is 0 Å².